The molecule has 0 aliphatic carbocycles. The zero-order valence-corrected chi connectivity index (χ0v) is 13.1. The molecule has 0 saturated carbocycles. The van der Waals surface area contributed by atoms with Gasteiger partial charge in [0, 0.05) is 6.54 Å². The van der Waals surface area contributed by atoms with Crippen LogP contribution in [-0.4, -0.2) is 19.1 Å². The van der Waals surface area contributed by atoms with Gasteiger partial charge in [-0.05, 0) is 31.5 Å². The summed E-state index contributed by atoms with van der Waals surface area (Å²) in [7, 11) is 1.57. The van der Waals surface area contributed by atoms with Crippen LogP contribution in [0, 0.1) is 6.92 Å². The number of amides is 1. The highest BCUT2D eigenvalue weighted by Crippen LogP contribution is 2.26. The van der Waals surface area contributed by atoms with Crippen molar-refractivity contribution < 1.29 is 14.3 Å². The van der Waals surface area contributed by atoms with E-state index in [4.69, 9.17) is 9.47 Å². The van der Waals surface area contributed by atoms with Gasteiger partial charge in [0.05, 0.1) is 7.11 Å². The van der Waals surface area contributed by atoms with Gasteiger partial charge in [-0.25, -0.2) is 0 Å². The predicted octanol–water partition coefficient (Wildman–Crippen LogP) is 3.09. The number of methoxy groups -OCH3 is 1. The van der Waals surface area contributed by atoms with Crippen molar-refractivity contribution in [2.45, 2.75) is 26.5 Å². The van der Waals surface area contributed by atoms with Crippen molar-refractivity contribution in [3.63, 3.8) is 0 Å². The zero-order chi connectivity index (χ0) is 15.9. The van der Waals surface area contributed by atoms with Gasteiger partial charge in [0.1, 0.15) is 0 Å². The minimum Gasteiger partial charge on any atom is -0.493 e. The quantitative estimate of drug-likeness (QED) is 0.891. The second-order valence-corrected chi connectivity index (χ2v) is 5.12. The van der Waals surface area contributed by atoms with E-state index in [9.17, 15) is 4.79 Å². The Kier molecular flexibility index (Phi) is 5.42. The molecular formula is C18H21NO3. The van der Waals surface area contributed by atoms with Crippen LogP contribution in [0.1, 0.15) is 18.1 Å². The number of para-hydroxylation sites is 2. The molecule has 0 saturated heterocycles. The molecule has 0 spiro atoms. The van der Waals surface area contributed by atoms with Gasteiger partial charge in [0.2, 0.25) is 0 Å². The van der Waals surface area contributed by atoms with Gasteiger partial charge in [0.25, 0.3) is 5.91 Å². The fraction of sp³-hybridized carbons (Fsp3) is 0.278. The predicted molar refractivity (Wildman–Crippen MR) is 86.1 cm³/mol. The second-order valence-electron chi connectivity index (χ2n) is 5.12. The molecule has 0 radical (unpaired) electrons. The van der Waals surface area contributed by atoms with Crippen molar-refractivity contribution >= 4 is 5.91 Å². The monoisotopic (exact) mass is 299 g/mol. The number of nitrogens with one attached hydrogen (secondary N) is 1. The minimum atomic E-state index is -0.596. The van der Waals surface area contributed by atoms with Crippen molar-refractivity contribution in [2.75, 3.05) is 7.11 Å². The number of carbonyl (C=O) groups excluding carboxylic acids is 1. The fourth-order valence-corrected chi connectivity index (χ4v) is 2.12. The smallest absolute Gasteiger partial charge is 0.261 e. The maximum Gasteiger partial charge on any atom is 0.261 e. The molecule has 4 heteroatoms. The summed E-state index contributed by atoms with van der Waals surface area (Å²) < 4.78 is 10.9. The number of carbonyl (C=O) groups is 1. The Bertz CT molecular complexity index is 640. The van der Waals surface area contributed by atoms with Crippen molar-refractivity contribution in [1.82, 2.24) is 5.32 Å². The standard InChI is InChI=1S/C18H21NO3/c1-13-7-6-8-15(11-13)12-19-18(20)14(2)22-17-10-5-4-9-16(17)21-3/h4-11,14H,12H2,1-3H3,(H,19,20). The van der Waals surface area contributed by atoms with E-state index in [-0.39, 0.29) is 5.91 Å². The highest BCUT2D eigenvalue weighted by atomic mass is 16.5. The molecule has 1 atom stereocenters. The van der Waals surface area contributed by atoms with Gasteiger partial charge in [-0.15, -0.1) is 0 Å². The first kappa shape index (κ1) is 15.9. The van der Waals surface area contributed by atoms with Crippen LogP contribution >= 0.6 is 0 Å². The maximum absolute atomic E-state index is 12.1. The van der Waals surface area contributed by atoms with Gasteiger partial charge in [0.15, 0.2) is 17.6 Å². The van der Waals surface area contributed by atoms with Gasteiger partial charge >= 0.3 is 0 Å². The van der Waals surface area contributed by atoms with Crippen LogP contribution < -0.4 is 14.8 Å². The summed E-state index contributed by atoms with van der Waals surface area (Å²) in [5.41, 5.74) is 2.24. The first-order valence-electron chi connectivity index (χ1n) is 7.23. The van der Waals surface area contributed by atoms with Gasteiger partial charge in [-0.2, -0.15) is 0 Å². The lowest BCUT2D eigenvalue weighted by Gasteiger charge is -2.16. The Morgan fingerprint density at radius 2 is 1.86 bits per heavy atom. The molecule has 0 aliphatic heterocycles. The van der Waals surface area contributed by atoms with Crippen LogP contribution in [0.25, 0.3) is 0 Å². The Hall–Kier alpha value is -2.49. The van der Waals surface area contributed by atoms with E-state index in [1.54, 1.807) is 26.2 Å². The summed E-state index contributed by atoms with van der Waals surface area (Å²) in [5, 5.41) is 2.88. The largest absolute Gasteiger partial charge is 0.493 e. The van der Waals surface area contributed by atoms with E-state index in [2.05, 4.69) is 5.32 Å². The van der Waals surface area contributed by atoms with E-state index in [0.717, 1.165) is 5.56 Å². The Morgan fingerprint density at radius 3 is 2.55 bits per heavy atom. The van der Waals surface area contributed by atoms with E-state index in [1.807, 2.05) is 43.3 Å². The highest BCUT2D eigenvalue weighted by molar-refractivity contribution is 5.80. The van der Waals surface area contributed by atoms with Gasteiger partial charge in [-0.1, -0.05) is 42.0 Å². The van der Waals surface area contributed by atoms with Crippen LogP contribution in [0.2, 0.25) is 0 Å². The molecule has 0 aliphatic rings. The second kappa shape index (κ2) is 7.50. The first-order valence-corrected chi connectivity index (χ1v) is 7.23. The topological polar surface area (TPSA) is 47.6 Å². The molecule has 116 valence electrons. The van der Waals surface area contributed by atoms with E-state index < -0.39 is 6.10 Å². The molecule has 0 fully saturated rings. The van der Waals surface area contributed by atoms with Crippen LogP contribution in [-0.2, 0) is 11.3 Å². The molecule has 2 rings (SSSR count). The minimum absolute atomic E-state index is 0.160. The van der Waals surface area contributed by atoms with Crippen molar-refractivity contribution in [3.05, 3.63) is 59.7 Å². The van der Waals surface area contributed by atoms with Gasteiger partial charge < -0.3 is 14.8 Å². The molecule has 4 nitrogen and oxygen atoms in total. The average molecular weight is 299 g/mol. The molecule has 1 unspecified atom stereocenters. The lowest BCUT2D eigenvalue weighted by atomic mass is 10.1. The third-order valence-corrected chi connectivity index (χ3v) is 3.29. The number of rotatable bonds is 6. The summed E-state index contributed by atoms with van der Waals surface area (Å²) in [6, 6.07) is 15.3. The molecule has 2 aromatic rings. The number of hydrogen-bond donors (Lipinski definition) is 1. The first-order chi connectivity index (χ1) is 10.6. The lowest BCUT2D eigenvalue weighted by Crippen LogP contribution is -2.35. The summed E-state index contributed by atoms with van der Waals surface area (Å²) in [6.45, 7) is 4.23. The zero-order valence-electron chi connectivity index (χ0n) is 13.1. The molecule has 0 heterocycles. The van der Waals surface area contributed by atoms with Crippen LogP contribution in [0.4, 0.5) is 0 Å². The highest BCUT2D eigenvalue weighted by Gasteiger charge is 2.16. The summed E-state index contributed by atoms with van der Waals surface area (Å²) in [4.78, 5) is 12.1. The molecule has 1 N–H and O–H groups in total. The van der Waals surface area contributed by atoms with Crippen LogP contribution in [0.5, 0.6) is 11.5 Å². The number of benzene rings is 2. The van der Waals surface area contributed by atoms with Crippen molar-refractivity contribution in [1.29, 1.82) is 0 Å². The third-order valence-electron chi connectivity index (χ3n) is 3.29. The van der Waals surface area contributed by atoms with Crippen molar-refractivity contribution in [3.8, 4) is 11.5 Å². The molecule has 1 amide bonds. The normalized spacial score (nSPS) is 11.6. The Balaban J connectivity index is 1.92. The maximum atomic E-state index is 12.1. The van der Waals surface area contributed by atoms with E-state index >= 15 is 0 Å². The Morgan fingerprint density at radius 1 is 1.14 bits per heavy atom. The summed E-state index contributed by atoms with van der Waals surface area (Å²) in [5.74, 6) is 1.01. The molecule has 0 bridgehead atoms. The number of hydrogen-bond acceptors (Lipinski definition) is 3. The number of aryl methyl sites for hydroxylation is 1. The van der Waals surface area contributed by atoms with Crippen LogP contribution in [0.15, 0.2) is 48.5 Å². The lowest BCUT2D eigenvalue weighted by molar-refractivity contribution is -0.127. The number of ether oxygens (including phenoxy) is 2. The fourth-order valence-electron chi connectivity index (χ4n) is 2.12. The molecule has 2 aromatic carbocycles. The average Bonchev–Trinajstić information content (AvgIpc) is 2.53. The van der Waals surface area contributed by atoms with Crippen molar-refractivity contribution in [2.24, 2.45) is 0 Å². The Labute approximate surface area is 131 Å². The third kappa shape index (κ3) is 4.25. The summed E-state index contributed by atoms with van der Waals surface area (Å²) in [6.07, 6.45) is -0.596. The summed E-state index contributed by atoms with van der Waals surface area (Å²) >= 11 is 0. The van der Waals surface area contributed by atoms with Crippen LogP contribution in [0.3, 0.4) is 0 Å². The molecular weight excluding hydrogens is 278 g/mol. The molecule has 0 aromatic heterocycles. The SMILES string of the molecule is COc1ccccc1OC(C)C(=O)NCc1cccc(C)c1. The van der Waals surface area contributed by atoms with Gasteiger partial charge in [-0.3, -0.25) is 4.79 Å². The van der Waals surface area contributed by atoms with E-state index in [1.165, 1.54) is 5.56 Å². The van der Waals surface area contributed by atoms with E-state index in [0.29, 0.717) is 18.0 Å². The molecule has 22 heavy (non-hydrogen) atoms.